The predicted molar refractivity (Wildman–Crippen MR) is 63.2 cm³/mol. The van der Waals surface area contributed by atoms with Crippen LogP contribution in [0.4, 0.5) is 0 Å². The van der Waals surface area contributed by atoms with Crippen molar-refractivity contribution in [1.29, 1.82) is 0 Å². The van der Waals surface area contributed by atoms with Crippen LogP contribution in [0.25, 0.3) is 11.0 Å². The molecule has 5 heteroatoms. The lowest BCUT2D eigenvalue weighted by Crippen LogP contribution is -1.96. The molecule has 0 spiro atoms. The van der Waals surface area contributed by atoms with E-state index >= 15 is 0 Å². The minimum absolute atomic E-state index is 0.326. The second kappa shape index (κ2) is 3.90. The third kappa shape index (κ3) is 2.09. The molecule has 1 N–H and O–H groups in total. The van der Waals surface area contributed by atoms with E-state index in [1.807, 2.05) is 0 Å². The van der Waals surface area contributed by atoms with Crippen molar-refractivity contribution in [3.63, 3.8) is 0 Å². The van der Waals surface area contributed by atoms with E-state index in [0.717, 1.165) is 29.7 Å². The fraction of sp³-hybridized carbons (Fsp3) is 0.364. The summed E-state index contributed by atoms with van der Waals surface area (Å²) in [6.45, 7) is 2.08. The van der Waals surface area contributed by atoms with Crippen LogP contribution in [0.1, 0.15) is 19.2 Å². The molecule has 0 bridgehead atoms. The first-order valence-electron chi connectivity index (χ1n) is 5.19. The molecule has 16 heavy (non-hydrogen) atoms. The molecule has 0 unspecified atom stereocenters. The van der Waals surface area contributed by atoms with Gasteiger partial charge >= 0.3 is 0 Å². The molecular weight excluding hydrogens is 224 g/mol. The Balaban J connectivity index is 2.54. The van der Waals surface area contributed by atoms with E-state index < -0.39 is 9.84 Å². The van der Waals surface area contributed by atoms with E-state index in [2.05, 4.69) is 16.9 Å². The number of imidazole rings is 1. The molecule has 1 aromatic heterocycles. The van der Waals surface area contributed by atoms with Gasteiger partial charge in [-0.05, 0) is 24.6 Å². The van der Waals surface area contributed by atoms with E-state index in [0.29, 0.717) is 4.90 Å². The lowest BCUT2D eigenvalue weighted by atomic mass is 10.3. The second-order valence-electron chi connectivity index (χ2n) is 3.88. The molecule has 4 nitrogen and oxygen atoms in total. The summed E-state index contributed by atoms with van der Waals surface area (Å²) in [7, 11) is -3.15. The minimum Gasteiger partial charge on any atom is -0.342 e. The van der Waals surface area contributed by atoms with Gasteiger partial charge in [0, 0.05) is 12.7 Å². The van der Waals surface area contributed by atoms with Crippen LogP contribution in [0.2, 0.25) is 0 Å². The third-order valence-corrected chi connectivity index (χ3v) is 3.53. The summed E-state index contributed by atoms with van der Waals surface area (Å²) in [6.07, 6.45) is 3.10. The minimum atomic E-state index is -3.15. The van der Waals surface area contributed by atoms with Gasteiger partial charge in [0.1, 0.15) is 5.82 Å². The number of aromatic amines is 1. The highest BCUT2D eigenvalue weighted by atomic mass is 32.2. The summed E-state index contributed by atoms with van der Waals surface area (Å²) in [6, 6.07) is 4.96. The first-order valence-corrected chi connectivity index (χ1v) is 7.08. The Labute approximate surface area is 94.6 Å². The van der Waals surface area contributed by atoms with Crippen molar-refractivity contribution in [2.45, 2.75) is 24.7 Å². The molecule has 0 fully saturated rings. The maximum Gasteiger partial charge on any atom is 0.175 e. The predicted octanol–water partition coefficient (Wildman–Crippen LogP) is 1.92. The maximum absolute atomic E-state index is 11.4. The number of benzene rings is 1. The first kappa shape index (κ1) is 11.1. The van der Waals surface area contributed by atoms with Gasteiger partial charge in [0.15, 0.2) is 9.84 Å². The number of rotatable bonds is 3. The molecule has 1 aromatic carbocycles. The molecule has 0 aliphatic carbocycles. The van der Waals surface area contributed by atoms with Crippen LogP contribution < -0.4 is 0 Å². The molecule has 0 atom stereocenters. The van der Waals surface area contributed by atoms with E-state index in [1.54, 1.807) is 18.2 Å². The molecule has 0 saturated heterocycles. The molecule has 0 saturated carbocycles. The number of hydrogen-bond acceptors (Lipinski definition) is 3. The van der Waals surface area contributed by atoms with Gasteiger partial charge in [-0.3, -0.25) is 0 Å². The van der Waals surface area contributed by atoms with Crippen molar-refractivity contribution >= 4 is 20.9 Å². The summed E-state index contributed by atoms with van der Waals surface area (Å²) in [4.78, 5) is 7.83. The molecule has 0 aliphatic heterocycles. The molecule has 86 valence electrons. The summed E-state index contributed by atoms with van der Waals surface area (Å²) < 4.78 is 22.7. The topological polar surface area (TPSA) is 62.8 Å². The molecule has 0 amide bonds. The maximum atomic E-state index is 11.4. The molecule has 0 radical (unpaired) electrons. The van der Waals surface area contributed by atoms with Crippen LogP contribution in [0.3, 0.4) is 0 Å². The third-order valence-electron chi connectivity index (χ3n) is 2.42. The summed E-state index contributed by atoms with van der Waals surface area (Å²) in [5.74, 6) is 0.906. The standard InChI is InChI=1S/C11H14N2O2S/c1-3-4-11-12-9-6-5-8(16(2,14)15)7-10(9)13-11/h5-7H,3-4H2,1-2H3,(H,12,13). The summed E-state index contributed by atoms with van der Waals surface area (Å²) in [5.41, 5.74) is 1.60. The molecule has 0 aliphatic rings. The quantitative estimate of drug-likeness (QED) is 0.888. The van der Waals surface area contributed by atoms with Crippen LogP contribution in [0.15, 0.2) is 23.1 Å². The van der Waals surface area contributed by atoms with Crippen LogP contribution in [-0.4, -0.2) is 24.6 Å². The van der Waals surface area contributed by atoms with Crippen molar-refractivity contribution in [3.05, 3.63) is 24.0 Å². The van der Waals surface area contributed by atoms with Gasteiger partial charge in [0.05, 0.1) is 15.9 Å². The van der Waals surface area contributed by atoms with Crippen molar-refractivity contribution in [2.75, 3.05) is 6.26 Å². The Kier molecular flexibility index (Phi) is 2.71. The van der Waals surface area contributed by atoms with Crippen molar-refractivity contribution in [2.24, 2.45) is 0 Å². The van der Waals surface area contributed by atoms with E-state index in [9.17, 15) is 8.42 Å². The van der Waals surface area contributed by atoms with Gasteiger partial charge in [-0.2, -0.15) is 0 Å². The summed E-state index contributed by atoms with van der Waals surface area (Å²) >= 11 is 0. The zero-order valence-corrected chi connectivity index (χ0v) is 10.1. The Morgan fingerprint density at radius 1 is 1.38 bits per heavy atom. The Morgan fingerprint density at radius 3 is 2.75 bits per heavy atom. The van der Waals surface area contributed by atoms with Crippen LogP contribution in [0, 0.1) is 0 Å². The highest BCUT2D eigenvalue weighted by molar-refractivity contribution is 7.90. The number of hydrogen-bond donors (Lipinski definition) is 1. The molecule has 1 heterocycles. The van der Waals surface area contributed by atoms with E-state index in [4.69, 9.17) is 0 Å². The van der Waals surface area contributed by atoms with Gasteiger partial charge < -0.3 is 4.98 Å². The number of fused-ring (bicyclic) bond motifs is 1. The van der Waals surface area contributed by atoms with Crippen LogP contribution >= 0.6 is 0 Å². The van der Waals surface area contributed by atoms with Gasteiger partial charge in [-0.1, -0.05) is 6.92 Å². The van der Waals surface area contributed by atoms with Gasteiger partial charge in [0.2, 0.25) is 0 Å². The van der Waals surface area contributed by atoms with Crippen molar-refractivity contribution < 1.29 is 8.42 Å². The van der Waals surface area contributed by atoms with Crippen molar-refractivity contribution in [3.8, 4) is 0 Å². The normalized spacial score (nSPS) is 12.1. The first-order chi connectivity index (χ1) is 7.50. The number of aromatic nitrogens is 2. The largest absolute Gasteiger partial charge is 0.342 e. The van der Waals surface area contributed by atoms with E-state index in [1.165, 1.54) is 6.26 Å². The number of aryl methyl sites for hydroxylation is 1. The Hall–Kier alpha value is -1.36. The second-order valence-corrected chi connectivity index (χ2v) is 5.90. The molecular formula is C11H14N2O2S. The average Bonchev–Trinajstić information content (AvgIpc) is 2.57. The lowest BCUT2D eigenvalue weighted by molar-refractivity contribution is 0.602. The highest BCUT2D eigenvalue weighted by Crippen LogP contribution is 2.17. The number of nitrogens with zero attached hydrogens (tertiary/aromatic N) is 1. The average molecular weight is 238 g/mol. The zero-order valence-electron chi connectivity index (χ0n) is 9.32. The highest BCUT2D eigenvalue weighted by Gasteiger charge is 2.09. The smallest absolute Gasteiger partial charge is 0.175 e. The van der Waals surface area contributed by atoms with Crippen LogP contribution in [0.5, 0.6) is 0 Å². The van der Waals surface area contributed by atoms with Gasteiger partial charge in [-0.25, -0.2) is 13.4 Å². The van der Waals surface area contributed by atoms with Gasteiger partial charge in [0.25, 0.3) is 0 Å². The number of sulfone groups is 1. The monoisotopic (exact) mass is 238 g/mol. The van der Waals surface area contributed by atoms with Gasteiger partial charge in [-0.15, -0.1) is 0 Å². The number of nitrogens with one attached hydrogen (secondary N) is 1. The Bertz CT molecular complexity index is 614. The molecule has 2 rings (SSSR count). The van der Waals surface area contributed by atoms with Crippen molar-refractivity contribution in [1.82, 2.24) is 9.97 Å². The fourth-order valence-electron chi connectivity index (χ4n) is 1.63. The Morgan fingerprint density at radius 2 is 2.12 bits per heavy atom. The zero-order chi connectivity index (χ0) is 11.8. The van der Waals surface area contributed by atoms with E-state index in [-0.39, 0.29) is 0 Å². The number of H-pyrrole nitrogens is 1. The van der Waals surface area contributed by atoms with Crippen LogP contribution in [-0.2, 0) is 16.3 Å². The SMILES string of the molecule is CCCc1nc2ccc(S(C)(=O)=O)cc2[nH]1. The molecule has 2 aromatic rings. The lowest BCUT2D eigenvalue weighted by Gasteiger charge is -1.96. The fourth-order valence-corrected chi connectivity index (χ4v) is 2.27. The summed E-state index contributed by atoms with van der Waals surface area (Å²) in [5, 5.41) is 0.